The monoisotopic (exact) mass is 460 g/mol. The highest BCUT2D eigenvalue weighted by atomic mass is 35.5. The lowest BCUT2D eigenvalue weighted by atomic mass is 9.86. The Labute approximate surface area is 193 Å². The zero-order chi connectivity index (χ0) is 20.7. The van der Waals surface area contributed by atoms with Crippen LogP contribution in [-0.2, 0) is 13.1 Å². The Balaban J connectivity index is 0.00000231. The Hall–Kier alpha value is -2.22. The molecule has 5 rings (SSSR count). The van der Waals surface area contributed by atoms with Gasteiger partial charge in [-0.2, -0.15) is 4.98 Å². The van der Waals surface area contributed by atoms with Crippen molar-refractivity contribution in [1.82, 2.24) is 30.0 Å². The predicted octanol–water partition coefficient (Wildman–Crippen LogP) is 4.46. The molecule has 164 valence electrons. The molecule has 1 saturated carbocycles. The molecule has 31 heavy (non-hydrogen) atoms. The standard InChI is InChI=1S/C22H25ClN6O.ClH/c1-13-9-21(26-14(2)25-13)30-18-6-3-15(4-7-18)22-28-27-20-12-24-11-16-10-17(23)5-8-19(16)29(20)22;/h5,8-10,15,18,24H,3-4,6-7,11-12H2,1-2H3;1H/t15-,18-;. The largest absolute Gasteiger partial charge is 0.474 e. The van der Waals surface area contributed by atoms with E-state index < -0.39 is 0 Å². The van der Waals surface area contributed by atoms with Gasteiger partial charge in [-0.1, -0.05) is 11.6 Å². The molecule has 0 spiro atoms. The van der Waals surface area contributed by atoms with Crippen LogP contribution in [0.3, 0.4) is 0 Å². The topological polar surface area (TPSA) is 77.8 Å². The fraction of sp³-hybridized carbons (Fsp3) is 0.455. The molecule has 9 heteroatoms. The molecule has 0 amide bonds. The van der Waals surface area contributed by atoms with Crippen LogP contribution in [0.1, 0.15) is 60.3 Å². The maximum Gasteiger partial charge on any atom is 0.217 e. The molecule has 0 bridgehead atoms. The number of hydrogen-bond acceptors (Lipinski definition) is 6. The summed E-state index contributed by atoms with van der Waals surface area (Å²) in [7, 11) is 0. The van der Waals surface area contributed by atoms with Crippen molar-refractivity contribution in [3.63, 3.8) is 0 Å². The summed E-state index contributed by atoms with van der Waals surface area (Å²) in [5.74, 6) is 3.79. The van der Waals surface area contributed by atoms with Gasteiger partial charge in [0.05, 0.1) is 12.2 Å². The van der Waals surface area contributed by atoms with E-state index in [2.05, 4.69) is 36.1 Å². The van der Waals surface area contributed by atoms with E-state index in [0.29, 0.717) is 18.3 Å². The van der Waals surface area contributed by atoms with Crippen molar-refractivity contribution in [2.75, 3.05) is 0 Å². The van der Waals surface area contributed by atoms with Gasteiger partial charge in [0.15, 0.2) is 5.82 Å². The molecule has 3 aromatic rings. The third-order valence-electron chi connectivity index (χ3n) is 5.91. The van der Waals surface area contributed by atoms with Gasteiger partial charge in [0.1, 0.15) is 17.8 Å². The summed E-state index contributed by atoms with van der Waals surface area (Å²) >= 11 is 6.23. The number of rotatable bonds is 3. The van der Waals surface area contributed by atoms with E-state index in [0.717, 1.165) is 66.1 Å². The number of nitrogens with zero attached hydrogens (tertiary/aromatic N) is 5. The van der Waals surface area contributed by atoms with Crippen molar-refractivity contribution in [3.05, 3.63) is 58.0 Å². The van der Waals surface area contributed by atoms with Gasteiger partial charge in [0, 0.05) is 29.2 Å². The van der Waals surface area contributed by atoms with Gasteiger partial charge in [-0.25, -0.2) is 4.98 Å². The van der Waals surface area contributed by atoms with E-state index in [1.165, 1.54) is 5.56 Å². The Kier molecular flexibility index (Phi) is 6.46. The lowest BCUT2D eigenvalue weighted by Crippen LogP contribution is -2.25. The second kappa shape index (κ2) is 9.10. The smallest absolute Gasteiger partial charge is 0.217 e. The zero-order valence-corrected chi connectivity index (χ0v) is 19.2. The second-order valence-electron chi connectivity index (χ2n) is 8.17. The zero-order valence-electron chi connectivity index (χ0n) is 17.6. The van der Waals surface area contributed by atoms with Crippen LogP contribution in [0.5, 0.6) is 5.88 Å². The Morgan fingerprint density at radius 3 is 2.61 bits per heavy atom. The van der Waals surface area contributed by atoms with Crippen LogP contribution in [-0.4, -0.2) is 30.8 Å². The van der Waals surface area contributed by atoms with Gasteiger partial charge in [-0.3, -0.25) is 4.57 Å². The molecule has 2 aromatic heterocycles. The van der Waals surface area contributed by atoms with Crippen LogP contribution < -0.4 is 10.1 Å². The van der Waals surface area contributed by atoms with Crippen LogP contribution in [0.25, 0.3) is 5.69 Å². The summed E-state index contributed by atoms with van der Waals surface area (Å²) in [5, 5.41) is 13.3. The normalized spacial score (nSPS) is 20.2. The van der Waals surface area contributed by atoms with Gasteiger partial charge in [0.2, 0.25) is 5.88 Å². The summed E-state index contributed by atoms with van der Waals surface area (Å²) in [6.07, 6.45) is 4.15. The van der Waals surface area contributed by atoms with Crippen LogP contribution in [0, 0.1) is 13.8 Å². The van der Waals surface area contributed by atoms with E-state index in [4.69, 9.17) is 16.3 Å². The molecule has 7 nitrogen and oxygen atoms in total. The molecule has 0 radical (unpaired) electrons. The third-order valence-corrected chi connectivity index (χ3v) is 6.14. The van der Waals surface area contributed by atoms with Crippen molar-refractivity contribution in [1.29, 1.82) is 0 Å². The Morgan fingerprint density at radius 2 is 1.84 bits per heavy atom. The molecule has 1 aliphatic heterocycles. The molecular formula is C22H26Cl2N6O. The van der Waals surface area contributed by atoms with Crippen molar-refractivity contribution >= 4 is 24.0 Å². The molecule has 1 aliphatic carbocycles. The van der Waals surface area contributed by atoms with Crippen LogP contribution >= 0.6 is 24.0 Å². The number of ether oxygens (including phenoxy) is 1. The lowest BCUT2D eigenvalue weighted by Gasteiger charge is -2.28. The fourth-order valence-corrected chi connectivity index (χ4v) is 4.74. The third kappa shape index (κ3) is 4.54. The van der Waals surface area contributed by atoms with E-state index in [1.54, 1.807) is 0 Å². The Bertz CT molecular complexity index is 1060. The first kappa shape index (κ1) is 22.0. The van der Waals surface area contributed by atoms with Gasteiger partial charge >= 0.3 is 0 Å². The minimum Gasteiger partial charge on any atom is -0.474 e. The van der Waals surface area contributed by atoms with Crippen molar-refractivity contribution in [3.8, 4) is 11.6 Å². The fourth-order valence-electron chi connectivity index (χ4n) is 4.55. The molecule has 0 saturated heterocycles. The molecule has 3 heterocycles. The predicted molar refractivity (Wildman–Crippen MR) is 121 cm³/mol. The maximum absolute atomic E-state index is 6.23. The highest BCUT2D eigenvalue weighted by Gasteiger charge is 2.30. The molecule has 0 atom stereocenters. The van der Waals surface area contributed by atoms with Crippen LogP contribution in [0.4, 0.5) is 0 Å². The van der Waals surface area contributed by atoms with Crippen molar-refractivity contribution < 1.29 is 4.74 Å². The average Bonchev–Trinajstić information content (AvgIpc) is 3.03. The number of halogens is 2. The van der Waals surface area contributed by atoms with Gasteiger partial charge in [-0.05, 0) is 63.3 Å². The maximum atomic E-state index is 6.23. The Morgan fingerprint density at radius 1 is 1.03 bits per heavy atom. The number of aryl methyl sites for hydroxylation is 2. The van der Waals surface area contributed by atoms with Crippen LogP contribution in [0.15, 0.2) is 24.3 Å². The summed E-state index contributed by atoms with van der Waals surface area (Å²) in [5.41, 5.74) is 3.24. The summed E-state index contributed by atoms with van der Waals surface area (Å²) in [6.45, 7) is 5.34. The first-order chi connectivity index (χ1) is 14.6. The molecule has 1 N–H and O–H groups in total. The molecule has 1 fully saturated rings. The van der Waals surface area contributed by atoms with Gasteiger partial charge in [-0.15, -0.1) is 22.6 Å². The quantitative estimate of drug-likeness (QED) is 0.621. The minimum absolute atomic E-state index is 0. The molecule has 0 unspecified atom stereocenters. The van der Waals surface area contributed by atoms with E-state index in [9.17, 15) is 0 Å². The number of aromatic nitrogens is 5. The van der Waals surface area contributed by atoms with E-state index >= 15 is 0 Å². The van der Waals surface area contributed by atoms with Gasteiger partial charge < -0.3 is 10.1 Å². The number of fused-ring (bicyclic) bond motifs is 3. The lowest BCUT2D eigenvalue weighted by molar-refractivity contribution is 0.138. The molecular weight excluding hydrogens is 435 g/mol. The van der Waals surface area contributed by atoms with Gasteiger partial charge in [0.25, 0.3) is 0 Å². The number of benzene rings is 1. The average molecular weight is 461 g/mol. The summed E-state index contributed by atoms with van der Waals surface area (Å²) in [4.78, 5) is 8.74. The first-order valence-electron chi connectivity index (χ1n) is 10.5. The second-order valence-corrected chi connectivity index (χ2v) is 8.61. The summed E-state index contributed by atoms with van der Waals surface area (Å²) < 4.78 is 8.40. The molecule has 1 aromatic carbocycles. The number of nitrogens with one attached hydrogen (secondary N) is 1. The molecule has 2 aliphatic rings. The number of hydrogen-bond donors (Lipinski definition) is 1. The van der Waals surface area contributed by atoms with E-state index in [1.807, 2.05) is 32.0 Å². The van der Waals surface area contributed by atoms with Crippen molar-refractivity contribution in [2.45, 2.75) is 64.6 Å². The first-order valence-corrected chi connectivity index (χ1v) is 10.9. The minimum atomic E-state index is 0. The highest BCUT2D eigenvalue weighted by molar-refractivity contribution is 6.30. The van der Waals surface area contributed by atoms with E-state index in [-0.39, 0.29) is 18.5 Å². The highest BCUT2D eigenvalue weighted by Crippen LogP contribution is 2.36. The van der Waals surface area contributed by atoms with Crippen molar-refractivity contribution in [2.24, 2.45) is 0 Å². The van der Waals surface area contributed by atoms with Crippen LogP contribution in [0.2, 0.25) is 5.02 Å². The summed E-state index contributed by atoms with van der Waals surface area (Å²) in [6, 6.07) is 7.96. The SMILES string of the molecule is Cc1cc(O[C@H]2CC[C@H](c3nnc4n3-c3ccc(Cl)cc3CNC4)CC2)nc(C)n1.Cl.